The first-order valence-electron chi connectivity index (χ1n) is 9.62. The molecule has 28 heavy (non-hydrogen) atoms. The zero-order valence-electron chi connectivity index (χ0n) is 16.4. The van der Waals surface area contributed by atoms with Crippen molar-refractivity contribution in [2.24, 2.45) is 0 Å². The van der Waals surface area contributed by atoms with E-state index in [9.17, 15) is 0 Å². The second kappa shape index (κ2) is 8.00. The molecule has 0 spiro atoms. The highest BCUT2D eigenvalue weighted by molar-refractivity contribution is 5.78. The van der Waals surface area contributed by atoms with Gasteiger partial charge in [-0.15, -0.1) is 5.53 Å². The van der Waals surface area contributed by atoms with E-state index in [-0.39, 0.29) is 0 Å². The Hall–Kier alpha value is -2.90. The highest BCUT2D eigenvalue weighted by Crippen LogP contribution is 2.34. The fourth-order valence-electron chi connectivity index (χ4n) is 3.18. The third-order valence-electron chi connectivity index (χ3n) is 4.71. The Morgan fingerprint density at radius 3 is 2.64 bits per heavy atom. The van der Waals surface area contributed by atoms with E-state index in [0.29, 0.717) is 17.8 Å². The van der Waals surface area contributed by atoms with E-state index in [1.54, 1.807) is 0 Å². The van der Waals surface area contributed by atoms with E-state index < -0.39 is 0 Å². The van der Waals surface area contributed by atoms with Crippen molar-refractivity contribution >= 4 is 11.4 Å². The minimum absolute atomic E-state index is 0.339. The highest BCUT2D eigenvalue weighted by atomic mass is 16.5. The molecule has 0 fully saturated rings. The molecule has 0 aliphatic carbocycles. The Balaban J connectivity index is 1.50. The smallest absolute Gasteiger partial charge is 0.258 e. The first kappa shape index (κ1) is 18.5. The number of rotatable bonds is 7. The predicted molar refractivity (Wildman–Crippen MR) is 110 cm³/mol. The van der Waals surface area contributed by atoms with Crippen molar-refractivity contribution in [3.05, 3.63) is 48.0 Å². The average Bonchev–Trinajstić information content (AvgIpc) is 3.35. The molecular formula is C21H25N5O2. The molecule has 3 aromatic rings. The molecule has 4 rings (SSSR count). The molecule has 2 aromatic carbocycles. The molecule has 0 radical (unpaired) electrons. The van der Waals surface area contributed by atoms with Crippen LogP contribution in [0.15, 0.2) is 47.0 Å². The molecule has 7 nitrogen and oxygen atoms in total. The van der Waals surface area contributed by atoms with Gasteiger partial charge in [-0.3, -0.25) is 5.01 Å². The van der Waals surface area contributed by atoms with Crippen molar-refractivity contribution in [1.82, 2.24) is 15.7 Å². The zero-order chi connectivity index (χ0) is 19.5. The van der Waals surface area contributed by atoms with Crippen LogP contribution in [0.5, 0.6) is 0 Å². The summed E-state index contributed by atoms with van der Waals surface area (Å²) in [6.45, 7) is 7.74. The van der Waals surface area contributed by atoms with Crippen LogP contribution in [0.4, 0.5) is 11.4 Å². The van der Waals surface area contributed by atoms with Crippen molar-refractivity contribution in [2.45, 2.75) is 33.2 Å². The van der Waals surface area contributed by atoms with E-state index in [1.165, 1.54) is 5.56 Å². The molecule has 0 unspecified atom stereocenters. The fraction of sp³-hybridized carbons (Fsp3) is 0.333. The highest BCUT2D eigenvalue weighted by Gasteiger charge is 2.22. The first-order chi connectivity index (χ1) is 13.7. The van der Waals surface area contributed by atoms with E-state index in [1.807, 2.05) is 31.2 Å². The molecule has 0 atom stereocenters. The number of anilines is 2. The molecule has 1 aliphatic heterocycles. The number of benzene rings is 2. The molecule has 7 heteroatoms. The number of nitrogens with one attached hydrogen (secondary N) is 2. The van der Waals surface area contributed by atoms with Crippen LogP contribution in [0.2, 0.25) is 0 Å². The molecule has 1 aliphatic rings. The zero-order valence-corrected chi connectivity index (χ0v) is 16.4. The van der Waals surface area contributed by atoms with Gasteiger partial charge in [-0.2, -0.15) is 4.98 Å². The van der Waals surface area contributed by atoms with Crippen LogP contribution in [0, 0.1) is 0 Å². The van der Waals surface area contributed by atoms with Crippen LogP contribution < -0.4 is 16.0 Å². The largest absolute Gasteiger partial charge is 0.381 e. The molecule has 2 heterocycles. The van der Waals surface area contributed by atoms with Gasteiger partial charge in [-0.1, -0.05) is 29.4 Å². The second-order valence-corrected chi connectivity index (χ2v) is 7.00. The Kier molecular flexibility index (Phi) is 5.27. The topological polar surface area (TPSA) is 75.5 Å². The van der Waals surface area contributed by atoms with Gasteiger partial charge in [0.2, 0.25) is 5.82 Å². The lowest BCUT2D eigenvalue weighted by Crippen LogP contribution is -2.41. The normalized spacial score (nSPS) is 13.1. The third kappa shape index (κ3) is 3.72. The molecule has 0 saturated carbocycles. The predicted octanol–water partition coefficient (Wildman–Crippen LogP) is 4.04. The van der Waals surface area contributed by atoms with E-state index >= 15 is 0 Å². The van der Waals surface area contributed by atoms with Crippen molar-refractivity contribution in [1.29, 1.82) is 0 Å². The van der Waals surface area contributed by atoms with Crippen LogP contribution in [0.25, 0.3) is 22.8 Å². The van der Waals surface area contributed by atoms with Gasteiger partial charge >= 0.3 is 0 Å². The van der Waals surface area contributed by atoms with Gasteiger partial charge in [0.25, 0.3) is 5.89 Å². The van der Waals surface area contributed by atoms with Crippen LogP contribution in [0.3, 0.4) is 0 Å². The number of hydrogen-bond donors (Lipinski definition) is 2. The van der Waals surface area contributed by atoms with Crippen molar-refractivity contribution < 1.29 is 9.26 Å². The standard InChI is InChI=1S/C21H25N5O2/c1-4-27-12-11-15-5-7-16(8-6-15)20-22-21(28-24-20)17-9-10-19-18(13-17)23-25-26(19)14(2)3/h5-10,13-14,23,25H,4,11-12H2,1-3H3. The molecule has 146 valence electrons. The van der Waals surface area contributed by atoms with Gasteiger partial charge in [0.15, 0.2) is 0 Å². The average molecular weight is 379 g/mol. The second-order valence-electron chi connectivity index (χ2n) is 7.00. The Labute approximate surface area is 164 Å². The molecule has 2 N–H and O–H groups in total. The van der Waals surface area contributed by atoms with Gasteiger partial charge in [0.05, 0.1) is 18.0 Å². The summed E-state index contributed by atoms with van der Waals surface area (Å²) < 4.78 is 10.9. The number of hydrazine groups is 2. The minimum atomic E-state index is 0.339. The maximum absolute atomic E-state index is 5.51. The Bertz CT molecular complexity index is 936. The summed E-state index contributed by atoms with van der Waals surface area (Å²) >= 11 is 0. The van der Waals surface area contributed by atoms with Crippen molar-refractivity contribution in [2.75, 3.05) is 23.6 Å². The molecule has 1 aromatic heterocycles. The maximum Gasteiger partial charge on any atom is 0.258 e. The van der Waals surface area contributed by atoms with Gasteiger partial charge in [0.1, 0.15) is 0 Å². The van der Waals surface area contributed by atoms with Crippen LogP contribution in [-0.2, 0) is 11.2 Å². The van der Waals surface area contributed by atoms with Crippen LogP contribution in [0.1, 0.15) is 26.3 Å². The van der Waals surface area contributed by atoms with Crippen molar-refractivity contribution in [3.8, 4) is 22.8 Å². The Morgan fingerprint density at radius 2 is 1.89 bits per heavy atom. The third-order valence-corrected chi connectivity index (χ3v) is 4.71. The van der Waals surface area contributed by atoms with E-state index in [2.05, 4.69) is 58.2 Å². The van der Waals surface area contributed by atoms with E-state index in [0.717, 1.165) is 42.1 Å². The SMILES string of the molecule is CCOCCc1ccc(-c2noc(-c3ccc4c(c3)NNN4C(C)C)n2)cc1. The summed E-state index contributed by atoms with van der Waals surface area (Å²) in [5, 5.41) is 6.22. The first-order valence-corrected chi connectivity index (χ1v) is 9.62. The lowest BCUT2D eigenvalue weighted by molar-refractivity contribution is 0.151. The number of ether oxygens (including phenoxy) is 1. The molecule has 0 bridgehead atoms. The van der Waals surface area contributed by atoms with Crippen LogP contribution >= 0.6 is 0 Å². The monoisotopic (exact) mass is 379 g/mol. The number of nitrogens with zero attached hydrogens (tertiary/aromatic N) is 3. The molecular weight excluding hydrogens is 354 g/mol. The number of hydrogen-bond acceptors (Lipinski definition) is 7. The van der Waals surface area contributed by atoms with Gasteiger partial charge in [0, 0.05) is 23.8 Å². The minimum Gasteiger partial charge on any atom is -0.381 e. The Morgan fingerprint density at radius 1 is 1.11 bits per heavy atom. The number of aromatic nitrogens is 2. The summed E-state index contributed by atoms with van der Waals surface area (Å²) in [5.41, 5.74) is 11.5. The lowest BCUT2D eigenvalue weighted by Gasteiger charge is -2.21. The summed E-state index contributed by atoms with van der Waals surface area (Å²) in [6, 6.07) is 14.6. The summed E-state index contributed by atoms with van der Waals surface area (Å²) in [4.78, 5) is 4.57. The van der Waals surface area contributed by atoms with Gasteiger partial charge < -0.3 is 14.7 Å². The van der Waals surface area contributed by atoms with E-state index in [4.69, 9.17) is 9.26 Å². The maximum atomic E-state index is 5.51. The summed E-state index contributed by atoms with van der Waals surface area (Å²) in [5.74, 6) is 1.09. The van der Waals surface area contributed by atoms with Gasteiger partial charge in [-0.05, 0) is 51.0 Å². The summed E-state index contributed by atoms with van der Waals surface area (Å²) in [7, 11) is 0. The molecule has 0 amide bonds. The quantitative estimate of drug-likeness (QED) is 0.600. The fourth-order valence-corrected chi connectivity index (χ4v) is 3.18. The molecule has 0 saturated heterocycles. The van der Waals surface area contributed by atoms with Gasteiger partial charge in [-0.25, -0.2) is 0 Å². The lowest BCUT2D eigenvalue weighted by atomic mass is 10.1. The van der Waals surface area contributed by atoms with Crippen LogP contribution in [-0.4, -0.2) is 29.4 Å². The van der Waals surface area contributed by atoms with Crippen molar-refractivity contribution in [3.63, 3.8) is 0 Å². The number of fused-ring (bicyclic) bond motifs is 1. The summed E-state index contributed by atoms with van der Waals surface area (Å²) in [6.07, 6.45) is 0.898.